The van der Waals surface area contributed by atoms with Gasteiger partial charge in [0.1, 0.15) is 12.4 Å². The zero-order valence-corrected chi connectivity index (χ0v) is 19.9. The van der Waals surface area contributed by atoms with E-state index in [1.54, 1.807) is 12.4 Å². The zero-order chi connectivity index (χ0) is 23.2. The molecule has 2 aliphatic rings. The molecule has 1 aliphatic heterocycles. The van der Waals surface area contributed by atoms with Gasteiger partial charge in [-0.25, -0.2) is 14.8 Å². The van der Waals surface area contributed by atoms with Gasteiger partial charge in [0.2, 0.25) is 0 Å². The van der Waals surface area contributed by atoms with Gasteiger partial charge in [-0.15, -0.1) is 0 Å². The van der Waals surface area contributed by atoms with Crippen molar-refractivity contribution in [3.05, 3.63) is 60.2 Å². The van der Waals surface area contributed by atoms with Crippen molar-refractivity contribution in [2.24, 2.45) is 5.92 Å². The van der Waals surface area contributed by atoms with Gasteiger partial charge < -0.3 is 14.3 Å². The number of esters is 1. The molecule has 0 bridgehead atoms. The third-order valence-corrected chi connectivity index (χ3v) is 7.58. The number of likely N-dealkylation sites (N-methyl/N-ethyl adjacent to an activating group) is 1. The topological polar surface area (TPSA) is 72.3 Å². The molecule has 6 nitrogen and oxygen atoms in total. The lowest BCUT2D eigenvalue weighted by Crippen LogP contribution is -2.55. The second-order valence-electron chi connectivity index (χ2n) is 10.2. The number of carbonyl (C=O) groups excluding carboxylic acids is 1. The van der Waals surface area contributed by atoms with Crippen molar-refractivity contribution in [1.29, 1.82) is 0 Å². The van der Waals surface area contributed by atoms with Crippen LogP contribution in [0.4, 0.5) is 0 Å². The fourth-order valence-corrected chi connectivity index (χ4v) is 5.73. The monoisotopic (exact) mass is 452 g/mol. The lowest BCUT2D eigenvalue weighted by Gasteiger charge is -2.42. The Morgan fingerprint density at radius 2 is 1.79 bits per heavy atom. The average molecular weight is 453 g/mol. The fraction of sp³-hybridized carbons (Fsp3) is 0.593. The molecule has 1 saturated heterocycles. The van der Waals surface area contributed by atoms with Crippen LogP contribution in [0.5, 0.6) is 0 Å². The van der Waals surface area contributed by atoms with E-state index in [1.807, 2.05) is 36.4 Å². The van der Waals surface area contributed by atoms with Crippen LogP contribution in [-0.2, 0) is 21.6 Å². The maximum absolute atomic E-state index is 13.5. The molecular weight excluding hydrogens is 414 g/mol. The largest absolute Gasteiger partial charge is 0.454 e. The van der Waals surface area contributed by atoms with E-state index in [2.05, 4.69) is 17.0 Å². The van der Waals surface area contributed by atoms with Gasteiger partial charge >= 0.3 is 5.97 Å². The summed E-state index contributed by atoms with van der Waals surface area (Å²) >= 11 is 0. The first-order chi connectivity index (χ1) is 16.0. The molecule has 0 radical (unpaired) electrons. The normalized spacial score (nSPS) is 25.8. The van der Waals surface area contributed by atoms with E-state index in [1.165, 1.54) is 6.42 Å². The lowest BCUT2D eigenvalue weighted by atomic mass is 9.73. The molecule has 33 heavy (non-hydrogen) atoms. The first kappa shape index (κ1) is 23.8. The highest BCUT2D eigenvalue weighted by Gasteiger charge is 2.48. The van der Waals surface area contributed by atoms with Crippen LogP contribution in [0, 0.1) is 5.92 Å². The van der Waals surface area contributed by atoms with Crippen LogP contribution >= 0.6 is 0 Å². The van der Waals surface area contributed by atoms with E-state index in [-0.39, 0.29) is 12.0 Å². The Morgan fingerprint density at radius 3 is 2.52 bits per heavy atom. The number of benzene rings is 1. The van der Waals surface area contributed by atoms with Gasteiger partial charge in [-0.2, -0.15) is 0 Å². The average Bonchev–Trinajstić information content (AvgIpc) is 2.85. The summed E-state index contributed by atoms with van der Waals surface area (Å²) in [6.45, 7) is 2.87. The van der Waals surface area contributed by atoms with Crippen molar-refractivity contribution in [3.63, 3.8) is 0 Å². The summed E-state index contributed by atoms with van der Waals surface area (Å²) in [4.78, 5) is 22.2. The van der Waals surface area contributed by atoms with E-state index in [0.29, 0.717) is 5.56 Å². The molecule has 2 unspecified atom stereocenters. The third kappa shape index (κ3) is 5.79. The van der Waals surface area contributed by atoms with Crippen LogP contribution in [0.1, 0.15) is 62.8 Å². The number of aromatic nitrogens is 2. The number of hydrogen-bond acceptors (Lipinski definition) is 5. The van der Waals surface area contributed by atoms with Gasteiger partial charge in [0, 0.05) is 37.6 Å². The van der Waals surface area contributed by atoms with E-state index < -0.39 is 11.6 Å². The second-order valence-corrected chi connectivity index (χ2v) is 10.2. The SMILES string of the molecule is C[N+]1(CCCc2ncccn2)CCC[C@@H](OC(=O)C(O)(c2ccccc2)C2CCCCC2)C1. The minimum atomic E-state index is -1.56. The van der Waals surface area contributed by atoms with Crippen LogP contribution in [0.25, 0.3) is 0 Å². The maximum atomic E-state index is 13.5. The quantitative estimate of drug-likeness (QED) is 0.484. The van der Waals surface area contributed by atoms with Crippen LogP contribution in [0.2, 0.25) is 0 Å². The summed E-state index contributed by atoms with van der Waals surface area (Å²) in [5, 5.41) is 11.8. The van der Waals surface area contributed by atoms with Gasteiger partial charge in [0.05, 0.1) is 20.1 Å². The summed E-state index contributed by atoms with van der Waals surface area (Å²) in [5.74, 6) is 0.331. The van der Waals surface area contributed by atoms with Gasteiger partial charge in [-0.3, -0.25) is 0 Å². The van der Waals surface area contributed by atoms with Gasteiger partial charge in [-0.05, 0) is 30.9 Å². The van der Waals surface area contributed by atoms with Crippen molar-refractivity contribution >= 4 is 5.97 Å². The number of quaternary nitrogens is 1. The molecule has 1 saturated carbocycles. The number of piperidine rings is 1. The van der Waals surface area contributed by atoms with E-state index in [9.17, 15) is 9.90 Å². The van der Waals surface area contributed by atoms with Gasteiger partial charge in [0.25, 0.3) is 0 Å². The third-order valence-electron chi connectivity index (χ3n) is 7.58. The van der Waals surface area contributed by atoms with Crippen molar-refractivity contribution in [3.8, 4) is 0 Å². The predicted octanol–water partition coefficient (Wildman–Crippen LogP) is 4.03. The van der Waals surface area contributed by atoms with Crippen LogP contribution < -0.4 is 0 Å². The molecule has 1 aliphatic carbocycles. The van der Waals surface area contributed by atoms with Crippen LogP contribution in [0.3, 0.4) is 0 Å². The Labute approximate surface area is 197 Å². The highest BCUT2D eigenvalue weighted by Crippen LogP contribution is 2.41. The standard InChI is InChI=1S/C27H38N3O3/c1-30(20-9-16-25-28-17-10-18-29-25)19-8-15-24(21-30)33-26(31)27(32,22-11-4-2-5-12-22)23-13-6-3-7-14-23/h2,4-5,10-12,17-18,23-24,32H,3,6-9,13-16,19-21H2,1H3/q+1/t24-,27?,30?/m1/s1. The Balaban J connectivity index is 1.41. The molecular formula is C27H38N3O3+. The van der Waals surface area contributed by atoms with Crippen LogP contribution in [0.15, 0.2) is 48.8 Å². The van der Waals surface area contributed by atoms with E-state index >= 15 is 0 Å². The number of ether oxygens (including phenoxy) is 1. The molecule has 178 valence electrons. The number of aryl methyl sites for hydroxylation is 1. The molecule has 4 rings (SSSR count). The molecule has 3 atom stereocenters. The van der Waals surface area contributed by atoms with Crippen molar-refractivity contribution in [1.82, 2.24) is 9.97 Å². The molecule has 1 aromatic heterocycles. The van der Waals surface area contributed by atoms with Crippen molar-refractivity contribution in [2.45, 2.75) is 69.5 Å². The highest BCUT2D eigenvalue weighted by molar-refractivity contribution is 5.81. The molecule has 1 aromatic carbocycles. The molecule has 2 heterocycles. The first-order valence-corrected chi connectivity index (χ1v) is 12.6. The fourth-order valence-electron chi connectivity index (χ4n) is 5.73. The molecule has 6 heteroatoms. The van der Waals surface area contributed by atoms with Crippen molar-refractivity contribution < 1.29 is 19.1 Å². The Kier molecular flexibility index (Phi) is 7.76. The predicted molar refractivity (Wildman–Crippen MR) is 127 cm³/mol. The number of hydrogen-bond donors (Lipinski definition) is 1. The minimum Gasteiger partial charge on any atom is -0.454 e. The van der Waals surface area contributed by atoms with Gasteiger partial charge in [-0.1, -0.05) is 49.6 Å². The maximum Gasteiger partial charge on any atom is 0.343 e. The second kappa shape index (κ2) is 10.7. The number of aliphatic hydroxyl groups is 1. The minimum absolute atomic E-state index is 0.0866. The summed E-state index contributed by atoms with van der Waals surface area (Å²) in [7, 11) is 2.25. The molecule has 0 spiro atoms. The number of carbonyl (C=O) groups is 1. The summed E-state index contributed by atoms with van der Waals surface area (Å²) in [6, 6.07) is 11.3. The number of nitrogens with zero attached hydrogens (tertiary/aromatic N) is 3. The lowest BCUT2D eigenvalue weighted by molar-refractivity contribution is -0.917. The first-order valence-electron chi connectivity index (χ1n) is 12.6. The summed E-state index contributed by atoms with van der Waals surface area (Å²) in [5.41, 5.74) is -0.898. The molecule has 2 aromatic rings. The summed E-state index contributed by atoms with van der Waals surface area (Å²) in [6.07, 6.45) is 12.1. The Morgan fingerprint density at radius 1 is 1.06 bits per heavy atom. The molecule has 1 N–H and O–H groups in total. The highest BCUT2D eigenvalue weighted by atomic mass is 16.6. The Bertz CT molecular complexity index is 888. The van der Waals surface area contributed by atoms with E-state index in [0.717, 1.165) is 81.3 Å². The number of rotatable bonds is 8. The molecule has 0 amide bonds. The zero-order valence-electron chi connectivity index (χ0n) is 19.9. The smallest absolute Gasteiger partial charge is 0.343 e. The van der Waals surface area contributed by atoms with E-state index in [4.69, 9.17) is 4.74 Å². The van der Waals surface area contributed by atoms with Crippen LogP contribution in [-0.4, -0.2) is 58.3 Å². The Hall–Kier alpha value is -2.31. The summed E-state index contributed by atoms with van der Waals surface area (Å²) < 4.78 is 6.97. The van der Waals surface area contributed by atoms with Crippen molar-refractivity contribution in [2.75, 3.05) is 26.7 Å². The van der Waals surface area contributed by atoms with Gasteiger partial charge in [0.15, 0.2) is 11.7 Å². The number of likely N-dealkylation sites (tertiary alicyclic amines) is 1. The molecule has 2 fully saturated rings.